The van der Waals surface area contributed by atoms with Crippen LogP contribution in [-0.4, -0.2) is 51.1 Å². The molecule has 0 N–H and O–H groups in total. The maximum absolute atomic E-state index is 14.7. The van der Waals surface area contributed by atoms with Crippen molar-refractivity contribution in [1.82, 2.24) is 25.0 Å². The molecule has 2 aliphatic carbocycles. The number of alkyl halides is 2. The molecular formula is C19H22F2N6O2. The lowest BCUT2D eigenvalue weighted by molar-refractivity contribution is -0.141. The molecule has 3 atom stereocenters. The Morgan fingerprint density at radius 2 is 2.07 bits per heavy atom. The van der Waals surface area contributed by atoms with Gasteiger partial charge < -0.3 is 9.64 Å². The van der Waals surface area contributed by atoms with Crippen LogP contribution in [0.15, 0.2) is 6.20 Å². The maximum Gasteiger partial charge on any atom is 0.305 e. The van der Waals surface area contributed by atoms with Crippen LogP contribution >= 0.6 is 0 Å². The van der Waals surface area contributed by atoms with Crippen molar-refractivity contribution in [3.8, 4) is 11.5 Å². The number of nitrogens with zero attached hydrogens (tertiary/aromatic N) is 6. The third-order valence-corrected chi connectivity index (χ3v) is 6.49. The zero-order chi connectivity index (χ0) is 20.3. The van der Waals surface area contributed by atoms with Gasteiger partial charge in [0, 0.05) is 38.5 Å². The first kappa shape index (κ1) is 18.4. The normalized spacial score (nSPS) is 26.8. The summed E-state index contributed by atoms with van der Waals surface area (Å²) >= 11 is 0. The summed E-state index contributed by atoms with van der Waals surface area (Å²) in [6, 6.07) is 0. The second-order valence-electron chi connectivity index (χ2n) is 8.18. The van der Waals surface area contributed by atoms with E-state index in [2.05, 4.69) is 25.2 Å². The van der Waals surface area contributed by atoms with Crippen LogP contribution in [0.1, 0.15) is 30.5 Å². The van der Waals surface area contributed by atoms with Crippen LogP contribution in [0.2, 0.25) is 0 Å². The lowest BCUT2D eigenvalue weighted by Gasteiger charge is -2.30. The number of fused-ring (bicyclic) bond motifs is 2. The Labute approximate surface area is 166 Å². The number of carbonyl (C=O) groups is 1. The van der Waals surface area contributed by atoms with Gasteiger partial charge in [0.25, 0.3) is 5.92 Å². The van der Waals surface area contributed by atoms with Crippen LogP contribution in [0, 0.1) is 17.8 Å². The van der Waals surface area contributed by atoms with Crippen LogP contribution < -0.4 is 4.90 Å². The zero-order valence-electron chi connectivity index (χ0n) is 16.3. The fourth-order valence-corrected chi connectivity index (χ4v) is 4.88. The van der Waals surface area contributed by atoms with Gasteiger partial charge in [-0.15, -0.1) is 5.10 Å². The van der Waals surface area contributed by atoms with Crippen molar-refractivity contribution in [3.63, 3.8) is 0 Å². The third-order valence-electron chi connectivity index (χ3n) is 6.49. The molecule has 0 radical (unpaired) electrons. The van der Waals surface area contributed by atoms with Gasteiger partial charge in [0.2, 0.25) is 0 Å². The van der Waals surface area contributed by atoms with Crippen LogP contribution in [0.25, 0.3) is 11.5 Å². The van der Waals surface area contributed by atoms with Crippen LogP contribution in [0.4, 0.5) is 14.6 Å². The van der Waals surface area contributed by atoms with Gasteiger partial charge >= 0.3 is 5.97 Å². The van der Waals surface area contributed by atoms with Gasteiger partial charge in [-0.25, -0.2) is 14.6 Å². The highest BCUT2D eigenvalue weighted by Gasteiger charge is 2.57. The van der Waals surface area contributed by atoms with E-state index < -0.39 is 5.92 Å². The minimum atomic E-state index is -2.97. The van der Waals surface area contributed by atoms with Crippen LogP contribution in [0.3, 0.4) is 0 Å². The summed E-state index contributed by atoms with van der Waals surface area (Å²) in [6.45, 7) is 1.43. The topological polar surface area (TPSA) is 86.0 Å². The van der Waals surface area contributed by atoms with Crippen molar-refractivity contribution >= 4 is 11.8 Å². The molecule has 3 aliphatic rings. The second-order valence-corrected chi connectivity index (χ2v) is 8.18. The molecule has 0 spiro atoms. The number of halogens is 2. The van der Waals surface area contributed by atoms with Gasteiger partial charge in [-0.3, -0.25) is 4.79 Å². The van der Waals surface area contributed by atoms with Gasteiger partial charge in [-0.2, -0.15) is 8.78 Å². The molecule has 154 valence electrons. The van der Waals surface area contributed by atoms with Crippen molar-refractivity contribution in [3.05, 3.63) is 17.5 Å². The number of ether oxygens (including phenoxy) is 1. The molecule has 10 heteroatoms. The SMILES string of the molecule is COC(=O)C[C@@H]1[C@H]2CN(c3nc(-c4cnnn4C)nc4c3CCCC4(F)F)C[C@@H]12. The molecule has 2 fully saturated rings. The molecule has 1 saturated carbocycles. The molecule has 1 saturated heterocycles. The van der Waals surface area contributed by atoms with E-state index in [1.807, 2.05) is 0 Å². The number of esters is 1. The predicted molar refractivity (Wildman–Crippen MR) is 98.2 cm³/mol. The highest BCUT2D eigenvalue weighted by atomic mass is 19.3. The van der Waals surface area contributed by atoms with E-state index in [0.717, 1.165) is 0 Å². The fourth-order valence-electron chi connectivity index (χ4n) is 4.88. The minimum Gasteiger partial charge on any atom is -0.469 e. The Morgan fingerprint density at radius 1 is 1.31 bits per heavy atom. The van der Waals surface area contributed by atoms with E-state index in [1.165, 1.54) is 18.0 Å². The number of hydrogen-bond donors (Lipinski definition) is 0. The highest BCUT2D eigenvalue weighted by molar-refractivity contribution is 5.70. The lowest BCUT2D eigenvalue weighted by atomic mass is 9.92. The van der Waals surface area contributed by atoms with E-state index in [4.69, 9.17) is 4.74 Å². The molecule has 0 bridgehead atoms. The average Bonchev–Trinajstić information content (AvgIpc) is 3.04. The van der Waals surface area contributed by atoms with Gasteiger partial charge in [-0.1, -0.05) is 5.21 Å². The number of methoxy groups -OCH3 is 1. The summed E-state index contributed by atoms with van der Waals surface area (Å²) in [7, 11) is 3.08. The predicted octanol–water partition coefficient (Wildman–Crippen LogP) is 1.95. The molecule has 0 unspecified atom stereocenters. The average molecular weight is 404 g/mol. The first-order chi connectivity index (χ1) is 13.9. The Balaban J connectivity index is 1.49. The molecule has 5 rings (SSSR count). The summed E-state index contributed by atoms with van der Waals surface area (Å²) in [6.07, 6.45) is 2.66. The van der Waals surface area contributed by atoms with Gasteiger partial charge in [0.15, 0.2) is 5.82 Å². The molecule has 29 heavy (non-hydrogen) atoms. The quantitative estimate of drug-likeness (QED) is 0.720. The summed E-state index contributed by atoms with van der Waals surface area (Å²) in [4.78, 5) is 22.6. The van der Waals surface area contributed by atoms with Gasteiger partial charge in [-0.05, 0) is 30.6 Å². The maximum atomic E-state index is 14.7. The van der Waals surface area contributed by atoms with Crippen LogP contribution in [0.5, 0.6) is 0 Å². The van der Waals surface area contributed by atoms with Crippen LogP contribution in [-0.2, 0) is 28.9 Å². The molecule has 3 heterocycles. The monoisotopic (exact) mass is 404 g/mol. The third kappa shape index (κ3) is 2.96. The number of rotatable bonds is 4. The lowest BCUT2D eigenvalue weighted by Crippen LogP contribution is -2.31. The van der Waals surface area contributed by atoms with Crippen molar-refractivity contribution in [1.29, 1.82) is 0 Å². The smallest absolute Gasteiger partial charge is 0.305 e. The first-order valence-electron chi connectivity index (χ1n) is 9.85. The number of carbonyl (C=O) groups excluding carboxylic acids is 1. The molecule has 0 aromatic carbocycles. The number of hydrogen-bond acceptors (Lipinski definition) is 7. The first-order valence-corrected chi connectivity index (χ1v) is 9.85. The number of piperidine rings is 1. The summed E-state index contributed by atoms with van der Waals surface area (Å²) in [5.41, 5.74) is 0.880. The molecule has 0 amide bonds. The molecule has 1 aliphatic heterocycles. The van der Waals surface area contributed by atoms with Crippen molar-refractivity contribution < 1.29 is 18.3 Å². The largest absolute Gasteiger partial charge is 0.469 e. The summed E-state index contributed by atoms with van der Waals surface area (Å²) in [5.74, 6) is -1.27. The van der Waals surface area contributed by atoms with Gasteiger partial charge in [0.1, 0.15) is 17.2 Å². The summed E-state index contributed by atoms with van der Waals surface area (Å²) < 4.78 is 35.7. The number of aryl methyl sites for hydroxylation is 1. The van der Waals surface area contributed by atoms with E-state index >= 15 is 0 Å². The van der Waals surface area contributed by atoms with Crippen molar-refractivity contribution in [2.24, 2.45) is 24.8 Å². The van der Waals surface area contributed by atoms with Crippen molar-refractivity contribution in [2.45, 2.75) is 31.6 Å². The Kier molecular flexibility index (Phi) is 4.08. The van der Waals surface area contributed by atoms with Gasteiger partial charge in [0.05, 0.1) is 13.3 Å². The Hall–Kier alpha value is -2.65. The molecule has 2 aromatic heterocycles. The minimum absolute atomic E-state index is 0.170. The molecular weight excluding hydrogens is 382 g/mol. The Morgan fingerprint density at radius 3 is 2.72 bits per heavy atom. The Bertz CT molecular complexity index is 966. The van der Waals surface area contributed by atoms with E-state index in [9.17, 15) is 13.6 Å². The number of anilines is 1. The highest BCUT2D eigenvalue weighted by Crippen LogP contribution is 2.55. The van der Waals surface area contributed by atoms with Crippen molar-refractivity contribution in [2.75, 3.05) is 25.1 Å². The summed E-state index contributed by atoms with van der Waals surface area (Å²) in [5, 5.41) is 7.70. The molecule has 8 nitrogen and oxygen atoms in total. The number of aromatic nitrogens is 5. The standard InChI is InChI=1S/C19H22F2N6O2/c1-26-14(7-22-25-26)17-23-16-10(4-3-5-19(16,20)21)18(24-17)27-8-12-11(13(12)9-27)6-15(28)29-2/h7,11-13H,3-6,8-9H2,1-2H3/t11-,12-,13+. The fraction of sp³-hybridized carbons (Fsp3) is 0.632. The molecule has 2 aromatic rings. The second kappa shape index (κ2) is 6.43. The zero-order valence-corrected chi connectivity index (χ0v) is 16.3. The van der Waals surface area contributed by atoms with E-state index in [-0.39, 0.29) is 23.9 Å². The van der Waals surface area contributed by atoms with E-state index in [0.29, 0.717) is 67.2 Å². The van der Waals surface area contributed by atoms with E-state index in [1.54, 1.807) is 7.05 Å².